The minimum Gasteiger partial charge on any atom is -0.744 e. The minimum atomic E-state index is -4.63. The Kier molecular flexibility index (Phi) is 6.35. The van der Waals surface area contributed by atoms with Gasteiger partial charge in [-0.15, -0.1) is 22.7 Å². The highest BCUT2D eigenvalue weighted by molar-refractivity contribution is 7.86. The number of aryl methyl sites for hydroxylation is 1. The van der Waals surface area contributed by atoms with Gasteiger partial charge in [0.15, 0.2) is 0 Å². The monoisotopic (exact) mass is 571 g/mol. The molecule has 0 unspecified atom stereocenters. The van der Waals surface area contributed by atoms with Crippen LogP contribution in [0, 0.1) is 6.92 Å². The molecule has 0 aliphatic heterocycles. The van der Waals surface area contributed by atoms with Crippen molar-refractivity contribution in [2.24, 2.45) is 0 Å². The molecule has 2 aromatic heterocycles. The van der Waals surface area contributed by atoms with Crippen molar-refractivity contribution in [3.05, 3.63) is 90.5 Å². The number of nitrogens with zero attached hydrogens (tertiary/aromatic N) is 2. The fourth-order valence-corrected chi connectivity index (χ4v) is 7.48. The maximum Gasteiger partial charge on any atom is 0.323 e. The Balaban J connectivity index is 1.25. The lowest BCUT2D eigenvalue weighted by Gasteiger charge is -2.10. The van der Waals surface area contributed by atoms with Gasteiger partial charge < -0.3 is 15.2 Å². The zero-order valence-electron chi connectivity index (χ0n) is 20.3. The van der Waals surface area contributed by atoms with E-state index in [0.29, 0.717) is 32.2 Å². The average Bonchev–Trinajstić information content (AvgIpc) is 3.52. The van der Waals surface area contributed by atoms with Gasteiger partial charge in [0.25, 0.3) is 0 Å². The van der Waals surface area contributed by atoms with Crippen LogP contribution in [0.1, 0.15) is 5.56 Å². The van der Waals surface area contributed by atoms with E-state index in [1.165, 1.54) is 22.7 Å². The third-order valence-electron chi connectivity index (χ3n) is 6.02. The summed E-state index contributed by atoms with van der Waals surface area (Å²) in [7, 11) is -4.63. The van der Waals surface area contributed by atoms with Gasteiger partial charge in [-0.3, -0.25) is 0 Å². The molecule has 39 heavy (non-hydrogen) atoms. The lowest BCUT2D eigenvalue weighted by Crippen LogP contribution is -2.19. The molecule has 0 aliphatic carbocycles. The average molecular weight is 572 g/mol. The Hall–Kier alpha value is -4.16. The summed E-state index contributed by atoms with van der Waals surface area (Å²) in [6.07, 6.45) is 0. The third-order valence-corrected chi connectivity index (χ3v) is 9.38. The molecule has 2 amide bonds. The Bertz CT molecular complexity index is 1970. The molecule has 4 aromatic carbocycles. The molecule has 0 saturated heterocycles. The topological polar surface area (TPSA) is 124 Å². The van der Waals surface area contributed by atoms with Crippen LogP contribution in [-0.2, 0) is 10.1 Å². The first-order valence-electron chi connectivity index (χ1n) is 11.7. The molecule has 6 rings (SSSR count). The van der Waals surface area contributed by atoms with Crippen LogP contribution in [0.2, 0.25) is 0 Å². The van der Waals surface area contributed by atoms with Crippen LogP contribution in [0.5, 0.6) is 0 Å². The van der Waals surface area contributed by atoms with Crippen LogP contribution < -0.4 is 10.6 Å². The van der Waals surface area contributed by atoms with Crippen LogP contribution in [0.15, 0.2) is 89.8 Å². The van der Waals surface area contributed by atoms with E-state index in [4.69, 9.17) is 4.98 Å². The Morgan fingerprint density at radius 1 is 0.769 bits per heavy atom. The van der Waals surface area contributed by atoms with Gasteiger partial charge in [-0.25, -0.2) is 23.2 Å². The van der Waals surface area contributed by atoms with Gasteiger partial charge in [-0.2, -0.15) is 0 Å². The van der Waals surface area contributed by atoms with E-state index in [1.54, 1.807) is 19.1 Å². The van der Waals surface area contributed by atoms with E-state index in [-0.39, 0.29) is 10.9 Å². The molecule has 6 aromatic rings. The van der Waals surface area contributed by atoms with Crippen molar-refractivity contribution in [3.63, 3.8) is 0 Å². The zero-order valence-corrected chi connectivity index (χ0v) is 22.8. The summed E-state index contributed by atoms with van der Waals surface area (Å²) in [5, 5.41) is 7.05. The Morgan fingerprint density at radius 2 is 1.38 bits per heavy atom. The van der Waals surface area contributed by atoms with Gasteiger partial charge in [0, 0.05) is 22.5 Å². The van der Waals surface area contributed by atoms with Crippen molar-refractivity contribution >= 4 is 70.6 Å². The summed E-state index contributed by atoms with van der Waals surface area (Å²) < 4.78 is 36.9. The molecule has 0 fully saturated rings. The number of aromatic nitrogens is 2. The van der Waals surface area contributed by atoms with E-state index >= 15 is 0 Å². The number of fused-ring (bicyclic) bond motifs is 2. The number of rotatable bonds is 5. The number of nitrogens with one attached hydrogen (secondary N) is 2. The highest BCUT2D eigenvalue weighted by Crippen LogP contribution is 2.38. The molecule has 0 spiro atoms. The van der Waals surface area contributed by atoms with Crippen molar-refractivity contribution in [2.75, 3.05) is 10.6 Å². The van der Waals surface area contributed by atoms with Gasteiger partial charge in [0.2, 0.25) is 0 Å². The number of benzene rings is 4. The van der Waals surface area contributed by atoms with Crippen LogP contribution in [-0.4, -0.2) is 29.0 Å². The summed E-state index contributed by atoms with van der Waals surface area (Å²) >= 11 is 2.71. The van der Waals surface area contributed by atoms with E-state index < -0.39 is 10.1 Å². The molecule has 0 aliphatic rings. The van der Waals surface area contributed by atoms with Gasteiger partial charge in [-0.1, -0.05) is 24.3 Å². The number of hydrogen-bond donors (Lipinski definition) is 2. The van der Waals surface area contributed by atoms with Crippen molar-refractivity contribution in [1.82, 2.24) is 9.97 Å². The molecule has 2 heterocycles. The maximum absolute atomic E-state index is 12.3. The first-order chi connectivity index (χ1) is 18.7. The summed E-state index contributed by atoms with van der Waals surface area (Å²) in [4.78, 5) is 21.4. The molecule has 11 heteroatoms. The summed E-state index contributed by atoms with van der Waals surface area (Å²) in [5.74, 6) is 0. The molecule has 194 valence electrons. The number of anilines is 2. The molecule has 2 N–H and O–H groups in total. The van der Waals surface area contributed by atoms with Crippen LogP contribution in [0.25, 0.3) is 41.6 Å². The number of carbonyl (C=O) groups is 1. The van der Waals surface area contributed by atoms with Crippen molar-refractivity contribution in [3.8, 4) is 21.1 Å². The SMILES string of the molecule is Cc1ccc2nc(-c3ccc4nc(-c5ccc(NC(=O)Nc6ccccc6)cc5)sc4c3)sc2c1S(=O)(=O)[O-]. The lowest BCUT2D eigenvalue weighted by atomic mass is 10.2. The standard InChI is InChI=1S/C28H20N4O4S3/c1-16-7-13-22-24(25(16)39(34,35)36)38-27(32-22)18-10-14-21-23(15-18)37-26(31-21)17-8-11-20(12-9-17)30-28(33)29-19-5-3-2-4-6-19/h2-15H,1H3,(H2,29,30,33)(H,34,35,36)/p-1. The molecule has 0 atom stereocenters. The number of urea groups is 1. The second-order valence-electron chi connectivity index (χ2n) is 8.76. The van der Waals surface area contributed by atoms with Crippen molar-refractivity contribution < 1.29 is 17.8 Å². The molecule has 0 radical (unpaired) electrons. The van der Waals surface area contributed by atoms with E-state index in [2.05, 4.69) is 15.6 Å². The molecular weight excluding hydrogens is 553 g/mol. The van der Waals surface area contributed by atoms with Crippen molar-refractivity contribution in [2.45, 2.75) is 11.8 Å². The fourth-order valence-electron chi connectivity index (χ4n) is 4.19. The second-order valence-corrected chi connectivity index (χ2v) is 12.1. The van der Waals surface area contributed by atoms with Crippen LogP contribution >= 0.6 is 22.7 Å². The lowest BCUT2D eigenvalue weighted by molar-refractivity contribution is 0.262. The van der Waals surface area contributed by atoms with E-state index in [1.807, 2.05) is 72.8 Å². The quantitative estimate of drug-likeness (QED) is 0.213. The summed E-state index contributed by atoms with van der Waals surface area (Å²) in [6, 6.07) is 25.4. The smallest absolute Gasteiger partial charge is 0.323 e. The van der Waals surface area contributed by atoms with Gasteiger partial charge in [0.05, 0.1) is 25.3 Å². The maximum atomic E-state index is 12.3. The Morgan fingerprint density at radius 3 is 2.10 bits per heavy atom. The van der Waals surface area contributed by atoms with Crippen LogP contribution in [0.4, 0.5) is 16.2 Å². The molecular formula is C28H19N4O4S3-. The predicted molar refractivity (Wildman–Crippen MR) is 155 cm³/mol. The number of carbonyl (C=O) groups excluding carboxylic acids is 1. The Labute approximate surface area is 231 Å². The van der Waals surface area contributed by atoms with Gasteiger partial charge in [-0.05, 0) is 73.2 Å². The normalized spacial score (nSPS) is 11.6. The first kappa shape index (κ1) is 25.1. The molecule has 0 bridgehead atoms. The van der Waals surface area contributed by atoms with E-state index in [0.717, 1.165) is 26.4 Å². The largest absolute Gasteiger partial charge is 0.744 e. The predicted octanol–water partition coefficient (Wildman–Crippen LogP) is 7.10. The first-order valence-corrected chi connectivity index (χ1v) is 14.8. The summed E-state index contributed by atoms with van der Waals surface area (Å²) in [6.45, 7) is 1.61. The number of para-hydroxylation sites is 1. The second kappa shape index (κ2) is 9.86. The zero-order chi connectivity index (χ0) is 27.1. The summed E-state index contributed by atoms with van der Waals surface area (Å²) in [5.41, 5.74) is 4.79. The van der Waals surface area contributed by atoms with Crippen molar-refractivity contribution in [1.29, 1.82) is 0 Å². The highest BCUT2D eigenvalue weighted by Gasteiger charge is 2.17. The molecule has 8 nitrogen and oxygen atoms in total. The van der Waals surface area contributed by atoms with Gasteiger partial charge >= 0.3 is 6.03 Å². The van der Waals surface area contributed by atoms with Crippen LogP contribution in [0.3, 0.4) is 0 Å². The minimum absolute atomic E-state index is 0.208. The van der Waals surface area contributed by atoms with Gasteiger partial charge in [0.1, 0.15) is 20.1 Å². The number of hydrogen-bond acceptors (Lipinski definition) is 8. The fraction of sp³-hybridized carbons (Fsp3) is 0.0357. The number of amides is 2. The van der Waals surface area contributed by atoms with E-state index in [9.17, 15) is 17.8 Å². The third kappa shape index (κ3) is 5.12. The number of thiazole rings is 2. The molecule has 0 saturated carbocycles. The highest BCUT2D eigenvalue weighted by atomic mass is 32.2.